The summed E-state index contributed by atoms with van der Waals surface area (Å²) < 4.78 is 43.6. The summed E-state index contributed by atoms with van der Waals surface area (Å²) >= 11 is 0. The Morgan fingerprint density at radius 2 is 1.26 bits per heavy atom. The van der Waals surface area contributed by atoms with Crippen molar-refractivity contribution >= 4 is 18.0 Å². The van der Waals surface area contributed by atoms with E-state index in [1.165, 1.54) is 60.9 Å². The van der Waals surface area contributed by atoms with Crippen LogP contribution < -0.4 is 28.4 Å². The predicted octanol–water partition coefficient (Wildman–Crippen LogP) is 2.73. The Morgan fingerprint density at radius 1 is 0.762 bits per heavy atom. The van der Waals surface area contributed by atoms with Crippen LogP contribution in [0.25, 0.3) is 6.08 Å². The number of carbonyl (C=O) groups is 2. The van der Waals surface area contributed by atoms with Gasteiger partial charge in [0.15, 0.2) is 23.0 Å². The van der Waals surface area contributed by atoms with Gasteiger partial charge < -0.3 is 43.0 Å². The SMILES string of the molecule is COc1cc(/C=C/C(=O)OC2CC3[C@@H](OC(=O)c4cc(OC)c(OC)c(OC)c4)[C@@H](O)C(C2)N3C)cc(OC)c1OC. The molecule has 1 N–H and O–H groups in total. The van der Waals surface area contributed by atoms with Crippen LogP contribution in [0.3, 0.4) is 0 Å². The largest absolute Gasteiger partial charge is 0.493 e. The van der Waals surface area contributed by atoms with Gasteiger partial charge in [0.05, 0.1) is 54.3 Å². The van der Waals surface area contributed by atoms with Gasteiger partial charge in [-0.15, -0.1) is 0 Å². The molecule has 5 atom stereocenters. The number of carbonyl (C=O) groups excluding carboxylic acids is 2. The van der Waals surface area contributed by atoms with E-state index in [0.717, 1.165) is 0 Å². The summed E-state index contributed by atoms with van der Waals surface area (Å²) in [6.07, 6.45) is 1.39. The van der Waals surface area contributed by atoms with Crippen LogP contribution in [-0.2, 0) is 14.3 Å². The van der Waals surface area contributed by atoms with Crippen LogP contribution in [0.1, 0.15) is 28.8 Å². The highest BCUT2D eigenvalue weighted by atomic mass is 16.6. The summed E-state index contributed by atoms with van der Waals surface area (Å²) in [5.74, 6) is 1.11. The lowest BCUT2D eigenvalue weighted by molar-refractivity contribution is -0.146. The number of piperidine rings is 1. The van der Waals surface area contributed by atoms with Crippen LogP contribution in [0.4, 0.5) is 0 Å². The fourth-order valence-electron chi connectivity index (χ4n) is 5.61. The third kappa shape index (κ3) is 6.04. The average molecular weight is 588 g/mol. The number of likely N-dealkylation sites (N-methyl/N-ethyl adjacent to an activating group) is 1. The second-order valence-corrected chi connectivity index (χ2v) is 9.90. The zero-order chi connectivity index (χ0) is 30.6. The van der Waals surface area contributed by atoms with Crippen LogP contribution in [0, 0.1) is 0 Å². The minimum Gasteiger partial charge on any atom is -0.493 e. The van der Waals surface area contributed by atoms with E-state index in [1.807, 2.05) is 11.9 Å². The molecule has 2 aromatic rings. The van der Waals surface area contributed by atoms with Gasteiger partial charge >= 0.3 is 11.9 Å². The van der Waals surface area contributed by atoms with Gasteiger partial charge in [-0.05, 0) is 43.0 Å². The van der Waals surface area contributed by atoms with Gasteiger partial charge in [-0.1, -0.05) is 0 Å². The fraction of sp³-hybridized carbons (Fsp3) is 0.467. The lowest BCUT2D eigenvalue weighted by atomic mass is 10.00. The maximum atomic E-state index is 13.2. The highest BCUT2D eigenvalue weighted by Crippen LogP contribution is 2.41. The molecule has 0 saturated carbocycles. The first-order valence-electron chi connectivity index (χ1n) is 13.3. The molecule has 12 heteroatoms. The first kappa shape index (κ1) is 30.8. The second-order valence-electron chi connectivity index (χ2n) is 9.90. The van der Waals surface area contributed by atoms with Gasteiger partial charge in [0.2, 0.25) is 11.5 Å². The van der Waals surface area contributed by atoms with Crippen molar-refractivity contribution in [2.75, 3.05) is 49.7 Å². The molecule has 42 heavy (non-hydrogen) atoms. The van der Waals surface area contributed by atoms with E-state index < -0.39 is 30.3 Å². The maximum absolute atomic E-state index is 13.2. The molecule has 2 saturated heterocycles. The molecule has 0 aromatic heterocycles. The Morgan fingerprint density at radius 3 is 1.76 bits per heavy atom. The molecule has 2 bridgehead atoms. The van der Waals surface area contributed by atoms with Gasteiger partial charge in [-0.3, -0.25) is 4.90 Å². The number of aliphatic hydroxyl groups excluding tert-OH is 1. The number of aliphatic hydroxyl groups is 1. The van der Waals surface area contributed by atoms with E-state index in [9.17, 15) is 14.7 Å². The standard InChI is InChI=1S/C30H37NO11/c1-31-19-14-18(41-25(32)9-8-16-10-21(35-2)28(39-6)22(11-16)36-3)15-20(31)27(26(19)33)42-30(34)17-12-23(37-4)29(40-7)24(13-17)38-5/h8-13,18-20,26-27,33H,14-15H2,1-7H3/b9-8+/t18?,19?,20?,26-,27+/m0/s1. The second kappa shape index (κ2) is 13.2. The molecule has 2 aliphatic rings. The maximum Gasteiger partial charge on any atom is 0.338 e. The van der Waals surface area contributed by atoms with Gasteiger partial charge in [-0.2, -0.15) is 0 Å². The van der Waals surface area contributed by atoms with E-state index in [0.29, 0.717) is 52.9 Å². The highest BCUT2D eigenvalue weighted by Gasteiger charge is 2.54. The average Bonchev–Trinajstić information content (AvgIpc) is 3.12. The molecule has 2 aliphatic heterocycles. The third-order valence-corrected chi connectivity index (χ3v) is 7.69. The Hall–Kier alpha value is -4.16. The van der Waals surface area contributed by atoms with Crippen molar-refractivity contribution in [1.29, 1.82) is 0 Å². The zero-order valence-electron chi connectivity index (χ0n) is 24.7. The molecule has 4 rings (SSSR count). The minimum atomic E-state index is -0.968. The van der Waals surface area contributed by atoms with Crippen molar-refractivity contribution in [3.8, 4) is 34.5 Å². The van der Waals surface area contributed by atoms with E-state index in [2.05, 4.69) is 0 Å². The minimum absolute atomic E-state index is 0.181. The number of esters is 2. The topological polar surface area (TPSA) is 131 Å². The number of rotatable bonds is 11. The van der Waals surface area contributed by atoms with E-state index in [-0.39, 0.29) is 17.6 Å². The highest BCUT2D eigenvalue weighted by molar-refractivity contribution is 5.91. The van der Waals surface area contributed by atoms with Crippen molar-refractivity contribution in [3.63, 3.8) is 0 Å². The number of ether oxygens (including phenoxy) is 8. The molecule has 3 unspecified atom stereocenters. The van der Waals surface area contributed by atoms with Crippen LogP contribution in [-0.4, -0.2) is 102 Å². The molecule has 0 aliphatic carbocycles. The smallest absolute Gasteiger partial charge is 0.338 e. The fourth-order valence-corrected chi connectivity index (χ4v) is 5.61. The third-order valence-electron chi connectivity index (χ3n) is 7.69. The Labute approximate surface area is 244 Å². The number of hydrogen-bond acceptors (Lipinski definition) is 12. The first-order chi connectivity index (χ1) is 20.2. The first-order valence-corrected chi connectivity index (χ1v) is 13.3. The molecular weight excluding hydrogens is 550 g/mol. The Kier molecular flexibility index (Phi) is 9.69. The molecule has 2 fully saturated rings. The van der Waals surface area contributed by atoms with E-state index in [4.69, 9.17) is 37.9 Å². The number of fused-ring (bicyclic) bond motifs is 2. The van der Waals surface area contributed by atoms with Gasteiger partial charge in [0.25, 0.3) is 0 Å². The zero-order valence-corrected chi connectivity index (χ0v) is 24.7. The van der Waals surface area contributed by atoms with Crippen molar-refractivity contribution in [3.05, 3.63) is 41.5 Å². The summed E-state index contributed by atoms with van der Waals surface area (Å²) in [4.78, 5) is 27.9. The van der Waals surface area contributed by atoms with Crippen molar-refractivity contribution in [2.45, 2.75) is 43.2 Å². The summed E-state index contributed by atoms with van der Waals surface area (Å²) in [6, 6.07) is 5.69. The lowest BCUT2D eigenvalue weighted by Gasteiger charge is -2.35. The molecule has 228 valence electrons. The normalized spacial score (nSPS) is 23.3. The quantitative estimate of drug-likeness (QED) is 0.306. The summed E-state index contributed by atoms with van der Waals surface area (Å²) in [5, 5.41) is 11.1. The summed E-state index contributed by atoms with van der Waals surface area (Å²) in [6.45, 7) is 0. The van der Waals surface area contributed by atoms with E-state index in [1.54, 1.807) is 18.2 Å². The molecular formula is C30H37NO11. The number of hydrogen-bond donors (Lipinski definition) is 1. The molecule has 0 spiro atoms. The number of nitrogens with zero attached hydrogens (tertiary/aromatic N) is 1. The van der Waals surface area contributed by atoms with Crippen molar-refractivity contribution < 1.29 is 52.6 Å². The molecule has 2 aromatic carbocycles. The molecule has 12 nitrogen and oxygen atoms in total. The van der Waals surface area contributed by atoms with Crippen LogP contribution in [0.2, 0.25) is 0 Å². The lowest BCUT2D eigenvalue weighted by Crippen LogP contribution is -2.46. The van der Waals surface area contributed by atoms with Crippen molar-refractivity contribution in [2.24, 2.45) is 0 Å². The van der Waals surface area contributed by atoms with E-state index >= 15 is 0 Å². The number of benzene rings is 2. The number of methoxy groups -OCH3 is 6. The van der Waals surface area contributed by atoms with Crippen molar-refractivity contribution in [1.82, 2.24) is 4.90 Å². The Bertz CT molecular complexity index is 1280. The van der Waals surface area contributed by atoms with Crippen LogP contribution in [0.5, 0.6) is 34.5 Å². The van der Waals surface area contributed by atoms with Gasteiger partial charge in [0.1, 0.15) is 18.3 Å². The van der Waals surface area contributed by atoms with Crippen LogP contribution >= 0.6 is 0 Å². The monoisotopic (exact) mass is 587 g/mol. The molecule has 0 amide bonds. The summed E-state index contributed by atoms with van der Waals surface area (Å²) in [5.41, 5.74) is 0.833. The Balaban J connectivity index is 1.44. The van der Waals surface area contributed by atoms with Crippen LogP contribution in [0.15, 0.2) is 30.3 Å². The predicted molar refractivity (Wildman–Crippen MR) is 151 cm³/mol. The molecule has 2 heterocycles. The van der Waals surface area contributed by atoms with Gasteiger partial charge in [0, 0.05) is 25.0 Å². The summed E-state index contributed by atoms with van der Waals surface area (Å²) in [7, 11) is 10.8. The molecule has 0 radical (unpaired) electrons. The van der Waals surface area contributed by atoms with Gasteiger partial charge in [-0.25, -0.2) is 9.59 Å².